The minimum Gasteiger partial charge on any atom is -0.288 e. The van der Waals surface area contributed by atoms with Crippen LogP contribution in [0.4, 0.5) is 0 Å². The van der Waals surface area contributed by atoms with Crippen molar-refractivity contribution in [1.82, 2.24) is 19.5 Å². The number of aromatic nitrogens is 4. The van der Waals surface area contributed by atoms with Crippen LogP contribution in [0, 0.1) is 6.92 Å². The maximum atomic E-state index is 4.43. The minimum absolute atomic E-state index is 0.761. The maximum absolute atomic E-state index is 4.43. The van der Waals surface area contributed by atoms with Gasteiger partial charge in [-0.3, -0.25) is 4.57 Å². The van der Waals surface area contributed by atoms with E-state index in [0.29, 0.717) is 0 Å². The van der Waals surface area contributed by atoms with Gasteiger partial charge in [0.05, 0.1) is 0 Å². The van der Waals surface area contributed by atoms with Gasteiger partial charge in [-0.2, -0.15) is 0 Å². The van der Waals surface area contributed by atoms with Crippen LogP contribution in [-0.4, -0.2) is 19.5 Å². The predicted octanol–water partition coefficient (Wildman–Crippen LogP) is 2.56. The van der Waals surface area contributed by atoms with Crippen LogP contribution >= 0.6 is 0 Å². The van der Waals surface area contributed by atoms with E-state index in [9.17, 15) is 0 Å². The Morgan fingerprint density at radius 2 is 1.84 bits per heavy atom. The quantitative estimate of drug-likeness (QED) is 0.717. The summed E-state index contributed by atoms with van der Waals surface area (Å²) < 4.78 is 2.00. The van der Waals surface area contributed by atoms with Gasteiger partial charge in [-0.15, -0.1) is 0 Å². The fraction of sp³-hybridized carbons (Fsp3) is 0.133. The van der Waals surface area contributed by atoms with Crippen molar-refractivity contribution in [2.24, 2.45) is 0 Å². The number of benzene rings is 1. The normalized spacial score (nSPS) is 10.6. The molecule has 0 radical (unpaired) electrons. The molecule has 3 rings (SSSR count). The van der Waals surface area contributed by atoms with Crippen LogP contribution < -0.4 is 0 Å². The summed E-state index contributed by atoms with van der Waals surface area (Å²) in [5.41, 5.74) is 1.24. The van der Waals surface area contributed by atoms with E-state index < -0.39 is 0 Å². The predicted molar refractivity (Wildman–Crippen MR) is 73.1 cm³/mol. The lowest BCUT2D eigenvalue weighted by Crippen LogP contribution is -2.04. The zero-order valence-electron chi connectivity index (χ0n) is 10.7. The Hall–Kier alpha value is -2.49. The molecule has 0 saturated carbocycles. The standard InChI is InChI=1S/C15H14N4/c1-12-16-8-7-14(18-12)19-10-9-17-15(19)11-13-5-3-2-4-6-13/h2-10H,11H2,1H3. The van der Waals surface area contributed by atoms with Gasteiger partial charge in [-0.25, -0.2) is 15.0 Å². The van der Waals surface area contributed by atoms with Gasteiger partial charge in [-0.05, 0) is 18.6 Å². The average Bonchev–Trinajstić information content (AvgIpc) is 2.88. The Labute approximate surface area is 111 Å². The molecule has 0 amide bonds. The van der Waals surface area contributed by atoms with Gasteiger partial charge < -0.3 is 0 Å². The number of imidazole rings is 1. The molecule has 0 N–H and O–H groups in total. The molecule has 0 aliphatic carbocycles. The van der Waals surface area contributed by atoms with E-state index in [4.69, 9.17) is 0 Å². The molecule has 3 aromatic rings. The minimum atomic E-state index is 0.761. The first kappa shape index (κ1) is 11.6. The molecule has 0 fully saturated rings. The molecule has 0 atom stereocenters. The molecule has 1 aromatic carbocycles. The molecular weight excluding hydrogens is 236 g/mol. The molecule has 0 bridgehead atoms. The first-order valence-corrected chi connectivity index (χ1v) is 6.19. The highest BCUT2D eigenvalue weighted by atomic mass is 15.1. The molecule has 4 nitrogen and oxygen atoms in total. The van der Waals surface area contributed by atoms with Crippen LogP contribution in [-0.2, 0) is 6.42 Å². The van der Waals surface area contributed by atoms with E-state index >= 15 is 0 Å². The lowest BCUT2D eigenvalue weighted by molar-refractivity contribution is 0.866. The topological polar surface area (TPSA) is 43.6 Å². The van der Waals surface area contributed by atoms with Crippen LogP contribution in [0.15, 0.2) is 55.0 Å². The number of aryl methyl sites for hydroxylation is 1. The Morgan fingerprint density at radius 1 is 1.00 bits per heavy atom. The fourth-order valence-corrected chi connectivity index (χ4v) is 2.03. The Bertz CT molecular complexity index is 673. The second-order valence-electron chi connectivity index (χ2n) is 4.34. The summed E-state index contributed by atoms with van der Waals surface area (Å²) in [6, 6.07) is 12.2. The van der Waals surface area contributed by atoms with Crippen molar-refractivity contribution in [1.29, 1.82) is 0 Å². The lowest BCUT2D eigenvalue weighted by Gasteiger charge is -2.07. The third kappa shape index (κ3) is 2.52. The molecular formula is C15H14N4. The van der Waals surface area contributed by atoms with Crippen LogP contribution in [0.5, 0.6) is 0 Å². The lowest BCUT2D eigenvalue weighted by atomic mass is 10.1. The second-order valence-corrected chi connectivity index (χ2v) is 4.34. The van der Waals surface area contributed by atoms with Crippen molar-refractivity contribution in [2.75, 3.05) is 0 Å². The van der Waals surface area contributed by atoms with Crippen LogP contribution in [0.1, 0.15) is 17.2 Å². The smallest absolute Gasteiger partial charge is 0.141 e. The van der Waals surface area contributed by atoms with Crippen molar-refractivity contribution < 1.29 is 0 Å². The van der Waals surface area contributed by atoms with Crippen LogP contribution in [0.25, 0.3) is 5.82 Å². The largest absolute Gasteiger partial charge is 0.288 e. The van der Waals surface area contributed by atoms with E-state index in [1.807, 2.05) is 42.0 Å². The van der Waals surface area contributed by atoms with Gasteiger partial charge in [0.25, 0.3) is 0 Å². The van der Waals surface area contributed by atoms with E-state index in [1.54, 1.807) is 12.4 Å². The summed E-state index contributed by atoms with van der Waals surface area (Å²) in [5, 5.41) is 0. The summed E-state index contributed by atoms with van der Waals surface area (Å²) >= 11 is 0. The Morgan fingerprint density at radius 3 is 2.63 bits per heavy atom. The number of rotatable bonds is 3. The number of nitrogens with zero attached hydrogens (tertiary/aromatic N) is 4. The van der Waals surface area contributed by atoms with Crippen molar-refractivity contribution in [3.05, 3.63) is 72.2 Å². The van der Waals surface area contributed by atoms with Gasteiger partial charge in [0, 0.05) is 25.0 Å². The third-order valence-corrected chi connectivity index (χ3v) is 2.93. The molecule has 0 aliphatic rings. The second kappa shape index (κ2) is 5.02. The highest BCUT2D eigenvalue weighted by molar-refractivity contribution is 5.27. The van der Waals surface area contributed by atoms with Gasteiger partial charge in [0.15, 0.2) is 0 Å². The summed E-state index contributed by atoms with van der Waals surface area (Å²) in [4.78, 5) is 13.0. The first-order chi connectivity index (χ1) is 9.33. The highest BCUT2D eigenvalue weighted by Gasteiger charge is 2.07. The Balaban J connectivity index is 1.95. The van der Waals surface area contributed by atoms with E-state index in [1.165, 1.54) is 5.56 Å². The molecule has 0 aliphatic heterocycles. The van der Waals surface area contributed by atoms with Crippen LogP contribution in [0.2, 0.25) is 0 Å². The average molecular weight is 250 g/mol. The van der Waals surface area contributed by atoms with Crippen molar-refractivity contribution in [2.45, 2.75) is 13.3 Å². The molecule has 0 saturated heterocycles. The van der Waals surface area contributed by atoms with Crippen molar-refractivity contribution in [3.8, 4) is 5.82 Å². The molecule has 2 heterocycles. The van der Waals surface area contributed by atoms with E-state index in [2.05, 4.69) is 27.1 Å². The van der Waals surface area contributed by atoms with Gasteiger partial charge in [-0.1, -0.05) is 30.3 Å². The van der Waals surface area contributed by atoms with Gasteiger partial charge >= 0.3 is 0 Å². The SMILES string of the molecule is Cc1nccc(-n2ccnc2Cc2ccccc2)n1. The zero-order chi connectivity index (χ0) is 13.1. The summed E-state index contributed by atoms with van der Waals surface area (Å²) in [6.45, 7) is 1.89. The summed E-state index contributed by atoms with van der Waals surface area (Å²) in [7, 11) is 0. The van der Waals surface area contributed by atoms with Crippen LogP contribution in [0.3, 0.4) is 0 Å². The van der Waals surface area contributed by atoms with E-state index in [-0.39, 0.29) is 0 Å². The molecule has 0 spiro atoms. The molecule has 94 valence electrons. The van der Waals surface area contributed by atoms with Crippen molar-refractivity contribution >= 4 is 0 Å². The van der Waals surface area contributed by atoms with Crippen molar-refractivity contribution in [3.63, 3.8) is 0 Å². The maximum Gasteiger partial charge on any atom is 0.141 e. The molecule has 4 heteroatoms. The molecule has 19 heavy (non-hydrogen) atoms. The summed E-state index contributed by atoms with van der Waals surface area (Å²) in [6.07, 6.45) is 6.29. The Kier molecular flexibility index (Phi) is 3.06. The fourth-order valence-electron chi connectivity index (χ4n) is 2.03. The van der Waals surface area contributed by atoms with Gasteiger partial charge in [0.1, 0.15) is 17.5 Å². The molecule has 2 aromatic heterocycles. The highest BCUT2D eigenvalue weighted by Crippen LogP contribution is 2.12. The van der Waals surface area contributed by atoms with Gasteiger partial charge in [0.2, 0.25) is 0 Å². The summed E-state index contributed by atoms with van der Waals surface area (Å²) in [5.74, 6) is 2.59. The number of hydrogen-bond acceptors (Lipinski definition) is 3. The zero-order valence-corrected chi connectivity index (χ0v) is 10.7. The molecule has 0 unspecified atom stereocenters. The third-order valence-electron chi connectivity index (χ3n) is 2.93. The monoisotopic (exact) mass is 250 g/mol. The number of hydrogen-bond donors (Lipinski definition) is 0. The van der Waals surface area contributed by atoms with E-state index in [0.717, 1.165) is 23.9 Å². The first-order valence-electron chi connectivity index (χ1n) is 6.19.